The van der Waals surface area contributed by atoms with Crippen LogP contribution in [0.4, 0.5) is 0 Å². The largest absolute Gasteiger partial charge is 0.356 e. The van der Waals surface area contributed by atoms with Gasteiger partial charge in [-0.15, -0.1) is 10.2 Å². The van der Waals surface area contributed by atoms with Gasteiger partial charge in [0.25, 0.3) is 5.91 Å². The van der Waals surface area contributed by atoms with Crippen LogP contribution in [0.5, 0.6) is 0 Å². The molecule has 25 heavy (non-hydrogen) atoms. The van der Waals surface area contributed by atoms with E-state index in [1.54, 1.807) is 6.33 Å². The van der Waals surface area contributed by atoms with Crippen LogP contribution in [0.15, 0.2) is 36.7 Å². The van der Waals surface area contributed by atoms with Gasteiger partial charge in [-0.1, -0.05) is 30.3 Å². The maximum absolute atomic E-state index is 12.6. The van der Waals surface area contributed by atoms with Crippen molar-refractivity contribution in [2.45, 2.75) is 38.6 Å². The first-order chi connectivity index (χ1) is 12.1. The standard InChI is InChI=1S/C17H21N5O3/c1-11(2)22-10-19-21-13(22)8-18-17(24)16-15(20-14(23)9-25-16)12-6-4-3-5-7-12/h3-7,10-11,15-16H,8-9H2,1-2H3,(H,18,24)(H,20,23)/t15-,16+/m1/s1. The zero-order valence-corrected chi connectivity index (χ0v) is 14.2. The van der Waals surface area contributed by atoms with Crippen LogP contribution in [0, 0.1) is 0 Å². The number of carbonyl (C=O) groups excluding carboxylic acids is 2. The number of benzene rings is 1. The van der Waals surface area contributed by atoms with Crippen molar-refractivity contribution in [3.63, 3.8) is 0 Å². The normalized spacial score (nSPS) is 20.4. The number of aromatic nitrogens is 3. The topological polar surface area (TPSA) is 98.1 Å². The molecule has 0 aliphatic carbocycles. The van der Waals surface area contributed by atoms with E-state index in [4.69, 9.17) is 4.74 Å². The summed E-state index contributed by atoms with van der Waals surface area (Å²) in [6.45, 7) is 4.13. The highest BCUT2D eigenvalue weighted by atomic mass is 16.5. The second kappa shape index (κ2) is 7.43. The molecule has 0 unspecified atom stereocenters. The van der Waals surface area contributed by atoms with Crippen molar-refractivity contribution in [1.82, 2.24) is 25.4 Å². The number of nitrogens with zero attached hydrogens (tertiary/aromatic N) is 3. The first-order valence-corrected chi connectivity index (χ1v) is 8.18. The Morgan fingerprint density at radius 3 is 2.88 bits per heavy atom. The summed E-state index contributed by atoms with van der Waals surface area (Å²) in [7, 11) is 0. The van der Waals surface area contributed by atoms with Crippen LogP contribution in [-0.4, -0.2) is 39.3 Å². The van der Waals surface area contributed by atoms with Crippen molar-refractivity contribution in [3.8, 4) is 0 Å². The zero-order chi connectivity index (χ0) is 17.8. The van der Waals surface area contributed by atoms with Crippen molar-refractivity contribution in [2.24, 2.45) is 0 Å². The second-order valence-corrected chi connectivity index (χ2v) is 6.15. The Kier molecular flexibility index (Phi) is 5.08. The molecule has 1 aliphatic heterocycles. The molecule has 132 valence electrons. The quantitative estimate of drug-likeness (QED) is 0.834. The second-order valence-electron chi connectivity index (χ2n) is 6.15. The van der Waals surface area contributed by atoms with Crippen LogP contribution in [0.3, 0.4) is 0 Å². The summed E-state index contributed by atoms with van der Waals surface area (Å²) in [4.78, 5) is 24.3. The zero-order valence-electron chi connectivity index (χ0n) is 14.2. The van der Waals surface area contributed by atoms with Gasteiger partial charge in [0.05, 0.1) is 12.6 Å². The van der Waals surface area contributed by atoms with Crippen molar-refractivity contribution in [1.29, 1.82) is 0 Å². The molecule has 0 radical (unpaired) electrons. The Morgan fingerprint density at radius 2 is 2.16 bits per heavy atom. The molecule has 2 heterocycles. The van der Waals surface area contributed by atoms with Crippen LogP contribution in [0.1, 0.15) is 37.3 Å². The number of morpholine rings is 1. The van der Waals surface area contributed by atoms with E-state index in [1.807, 2.05) is 48.7 Å². The Labute approximate surface area is 145 Å². The molecule has 2 amide bonds. The van der Waals surface area contributed by atoms with Gasteiger partial charge in [0.15, 0.2) is 11.9 Å². The maximum atomic E-state index is 12.6. The average Bonchev–Trinajstić information content (AvgIpc) is 3.09. The Bertz CT molecular complexity index is 744. The van der Waals surface area contributed by atoms with Crippen LogP contribution in [0.2, 0.25) is 0 Å². The van der Waals surface area contributed by atoms with E-state index in [1.165, 1.54) is 0 Å². The molecule has 1 aliphatic rings. The number of nitrogens with one attached hydrogen (secondary N) is 2. The van der Waals surface area contributed by atoms with Crippen LogP contribution in [-0.2, 0) is 20.9 Å². The summed E-state index contributed by atoms with van der Waals surface area (Å²) < 4.78 is 7.39. The number of carbonyl (C=O) groups is 2. The minimum Gasteiger partial charge on any atom is -0.356 e. The maximum Gasteiger partial charge on any atom is 0.252 e. The van der Waals surface area contributed by atoms with Crippen LogP contribution in [0.25, 0.3) is 0 Å². The molecular formula is C17H21N5O3. The molecule has 1 aromatic carbocycles. The molecule has 1 saturated heterocycles. The highest BCUT2D eigenvalue weighted by Crippen LogP contribution is 2.22. The number of amides is 2. The lowest BCUT2D eigenvalue weighted by Gasteiger charge is -2.31. The number of hydrogen-bond donors (Lipinski definition) is 2. The van der Waals surface area contributed by atoms with Gasteiger partial charge in [-0.05, 0) is 19.4 Å². The fourth-order valence-electron chi connectivity index (χ4n) is 2.79. The number of hydrogen-bond acceptors (Lipinski definition) is 5. The fraction of sp³-hybridized carbons (Fsp3) is 0.412. The van der Waals surface area contributed by atoms with Gasteiger partial charge in [0.2, 0.25) is 5.91 Å². The van der Waals surface area contributed by atoms with Crippen molar-refractivity contribution < 1.29 is 14.3 Å². The fourth-order valence-corrected chi connectivity index (χ4v) is 2.79. The third-order valence-corrected chi connectivity index (χ3v) is 4.05. The van der Waals surface area contributed by atoms with Gasteiger partial charge in [0, 0.05) is 6.04 Å². The lowest BCUT2D eigenvalue weighted by Crippen LogP contribution is -2.52. The predicted octanol–water partition coefficient (Wildman–Crippen LogP) is 0.732. The molecule has 1 fully saturated rings. The van der Waals surface area contributed by atoms with Crippen molar-refractivity contribution >= 4 is 11.8 Å². The molecule has 2 aromatic rings. The molecule has 1 aromatic heterocycles. The van der Waals surface area contributed by atoms with Gasteiger partial charge in [-0.25, -0.2) is 0 Å². The summed E-state index contributed by atoms with van der Waals surface area (Å²) >= 11 is 0. The molecule has 0 bridgehead atoms. The van der Waals surface area contributed by atoms with Gasteiger partial charge >= 0.3 is 0 Å². The van der Waals surface area contributed by atoms with E-state index in [9.17, 15) is 9.59 Å². The molecular weight excluding hydrogens is 322 g/mol. The average molecular weight is 343 g/mol. The lowest BCUT2D eigenvalue weighted by molar-refractivity contribution is -0.148. The van der Waals surface area contributed by atoms with Crippen molar-refractivity contribution in [2.75, 3.05) is 6.61 Å². The predicted molar refractivity (Wildman–Crippen MR) is 89.3 cm³/mol. The first-order valence-electron chi connectivity index (χ1n) is 8.18. The lowest BCUT2D eigenvalue weighted by atomic mass is 9.99. The Balaban J connectivity index is 1.71. The van der Waals surface area contributed by atoms with Gasteiger partial charge in [-0.3, -0.25) is 9.59 Å². The van der Waals surface area contributed by atoms with E-state index in [0.29, 0.717) is 5.82 Å². The minimum absolute atomic E-state index is 0.135. The molecule has 8 heteroatoms. The van der Waals surface area contributed by atoms with Crippen LogP contribution < -0.4 is 10.6 Å². The van der Waals surface area contributed by atoms with E-state index in [2.05, 4.69) is 20.8 Å². The van der Waals surface area contributed by atoms with E-state index < -0.39 is 12.1 Å². The third-order valence-electron chi connectivity index (χ3n) is 4.05. The number of ether oxygens (including phenoxy) is 1. The Morgan fingerprint density at radius 1 is 1.40 bits per heavy atom. The van der Waals surface area contributed by atoms with E-state index >= 15 is 0 Å². The summed E-state index contributed by atoms with van der Waals surface area (Å²) in [5, 5.41) is 13.6. The van der Waals surface area contributed by atoms with E-state index in [-0.39, 0.29) is 31.0 Å². The first kappa shape index (κ1) is 17.1. The molecule has 0 saturated carbocycles. The van der Waals surface area contributed by atoms with Gasteiger partial charge in [-0.2, -0.15) is 0 Å². The highest BCUT2D eigenvalue weighted by molar-refractivity contribution is 5.86. The minimum atomic E-state index is -0.796. The van der Waals surface area contributed by atoms with Crippen LogP contribution >= 0.6 is 0 Å². The Hall–Kier alpha value is -2.74. The van der Waals surface area contributed by atoms with Crippen molar-refractivity contribution in [3.05, 3.63) is 48.0 Å². The van der Waals surface area contributed by atoms with Gasteiger partial charge < -0.3 is 19.9 Å². The van der Waals surface area contributed by atoms with Gasteiger partial charge in [0.1, 0.15) is 12.9 Å². The molecule has 0 spiro atoms. The summed E-state index contributed by atoms with van der Waals surface area (Å²) in [5.41, 5.74) is 0.820. The summed E-state index contributed by atoms with van der Waals surface area (Å²) in [6, 6.07) is 8.98. The SMILES string of the molecule is CC(C)n1cnnc1CNC(=O)[C@H]1OCC(=O)N[C@@H]1c1ccccc1. The smallest absolute Gasteiger partial charge is 0.252 e. The molecule has 2 N–H and O–H groups in total. The molecule has 2 atom stereocenters. The highest BCUT2D eigenvalue weighted by Gasteiger charge is 2.36. The molecule has 3 rings (SSSR count). The summed E-state index contributed by atoms with van der Waals surface area (Å²) in [5.74, 6) is 0.129. The monoisotopic (exact) mass is 343 g/mol. The summed E-state index contributed by atoms with van der Waals surface area (Å²) in [6.07, 6.45) is 0.839. The molecule has 8 nitrogen and oxygen atoms in total. The van der Waals surface area contributed by atoms with E-state index in [0.717, 1.165) is 5.56 Å². The number of rotatable bonds is 5. The third kappa shape index (κ3) is 3.85.